The summed E-state index contributed by atoms with van der Waals surface area (Å²) in [4.78, 5) is 29.4. The van der Waals surface area contributed by atoms with Crippen molar-refractivity contribution in [3.8, 4) is 11.1 Å². The van der Waals surface area contributed by atoms with E-state index in [1.54, 1.807) is 36.4 Å². The number of anilines is 1. The molecule has 7 heteroatoms. The lowest BCUT2D eigenvalue weighted by Crippen LogP contribution is -2.14. The number of hydrogen-bond donors (Lipinski definition) is 1. The van der Waals surface area contributed by atoms with Gasteiger partial charge in [0.2, 0.25) is 0 Å². The molecule has 0 saturated heterocycles. The summed E-state index contributed by atoms with van der Waals surface area (Å²) >= 11 is 12.1. The zero-order valence-electron chi connectivity index (χ0n) is 17.2. The summed E-state index contributed by atoms with van der Waals surface area (Å²) in [7, 11) is 0. The topological polar surface area (TPSA) is 59.1 Å². The number of nitrogens with one attached hydrogen (secondary N) is 1. The van der Waals surface area contributed by atoms with Gasteiger partial charge in [0.15, 0.2) is 5.78 Å². The van der Waals surface area contributed by atoms with Gasteiger partial charge in [0, 0.05) is 34.5 Å². The number of ketones is 1. The molecule has 4 nitrogen and oxygen atoms in total. The van der Waals surface area contributed by atoms with Gasteiger partial charge in [0.1, 0.15) is 11.0 Å². The zero-order valence-corrected chi connectivity index (χ0v) is 18.7. The minimum atomic E-state index is -0.404. The third-order valence-electron chi connectivity index (χ3n) is 5.02. The molecule has 0 unspecified atom stereocenters. The van der Waals surface area contributed by atoms with Gasteiger partial charge in [-0.15, -0.1) is 0 Å². The Morgan fingerprint density at radius 2 is 1.64 bits per heavy atom. The van der Waals surface area contributed by atoms with Gasteiger partial charge in [-0.1, -0.05) is 41.4 Å². The number of nitrogens with zero attached hydrogens (tertiary/aromatic N) is 1. The zero-order chi connectivity index (χ0) is 23.4. The number of hydrogen-bond acceptors (Lipinski definition) is 3. The van der Waals surface area contributed by atoms with Gasteiger partial charge >= 0.3 is 0 Å². The summed E-state index contributed by atoms with van der Waals surface area (Å²) in [6, 6.07) is 21.1. The van der Waals surface area contributed by atoms with Crippen molar-refractivity contribution in [1.29, 1.82) is 0 Å². The average molecular weight is 479 g/mol. The molecule has 3 aromatic carbocycles. The molecule has 1 heterocycles. The number of benzene rings is 3. The second-order valence-electron chi connectivity index (χ2n) is 7.29. The summed E-state index contributed by atoms with van der Waals surface area (Å²) in [6.45, 7) is 0. The van der Waals surface area contributed by atoms with Gasteiger partial charge < -0.3 is 5.32 Å². The first-order valence-corrected chi connectivity index (χ1v) is 10.8. The van der Waals surface area contributed by atoms with Crippen LogP contribution in [0.4, 0.5) is 10.1 Å². The minimum absolute atomic E-state index is 0.101. The van der Waals surface area contributed by atoms with Crippen LogP contribution < -0.4 is 5.32 Å². The van der Waals surface area contributed by atoms with Crippen molar-refractivity contribution in [3.63, 3.8) is 0 Å². The molecule has 1 N–H and O–H groups in total. The Labute approximate surface area is 200 Å². The largest absolute Gasteiger partial charge is 0.321 e. The standard InChI is InChI=1S/C26H17Cl2FN2O2/c27-19-8-4-17(5-9-19)22-14-16(15-24(32)18-6-10-20(29)11-7-18)3-12-23(22)31-26(33)21-2-1-13-30-25(21)28/h1-14H,15H2,(H,31,33). The fourth-order valence-corrected chi connectivity index (χ4v) is 3.68. The summed E-state index contributed by atoms with van der Waals surface area (Å²) in [5.41, 5.74) is 3.48. The Morgan fingerprint density at radius 3 is 2.33 bits per heavy atom. The summed E-state index contributed by atoms with van der Waals surface area (Å²) < 4.78 is 13.2. The lowest BCUT2D eigenvalue weighted by molar-refractivity contribution is 0.0990. The Bertz CT molecular complexity index is 1320. The minimum Gasteiger partial charge on any atom is -0.321 e. The molecule has 4 aromatic rings. The molecule has 0 fully saturated rings. The van der Waals surface area contributed by atoms with E-state index in [1.807, 2.05) is 18.2 Å². The van der Waals surface area contributed by atoms with Gasteiger partial charge in [0.05, 0.1) is 5.56 Å². The van der Waals surface area contributed by atoms with E-state index < -0.39 is 11.7 Å². The first-order chi connectivity index (χ1) is 15.9. The number of carbonyl (C=O) groups excluding carboxylic acids is 2. The Morgan fingerprint density at radius 1 is 0.909 bits per heavy atom. The van der Waals surface area contributed by atoms with Crippen molar-refractivity contribution >= 4 is 40.6 Å². The quantitative estimate of drug-likeness (QED) is 0.243. The fourth-order valence-electron chi connectivity index (χ4n) is 3.35. The number of rotatable bonds is 6. The molecule has 0 bridgehead atoms. The van der Waals surface area contributed by atoms with Crippen LogP contribution in [0.2, 0.25) is 10.2 Å². The van der Waals surface area contributed by atoms with Gasteiger partial charge in [-0.25, -0.2) is 9.37 Å². The van der Waals surface area contributed by atoms with Crippen molar-refractivity contribution in [1.82, 2.24) is 4.98 Å². The predicted octanol–water partition coefficient (Wildman–Crippen LogP) is 6.87. The van der Waals surface area contributed by atoms with Crippen molar-refractivity contribution in [3.05, 3.63) is 118 Å². The first kappa shape index (κ1) is 22.6. The van der Waals surface area contributed by atoms with E-state index in [1.165, 1.54) is 30.5 Å². The Kier molecular flexibility index (Phi) is 6.82. The molecule has 0 saturated carbocycles. The SMILES string of the molecule is O=C(Cc1ccc(NC(=O)c2cccnc2Cl)c(-c2ccc(Cl)cc2)c1)c1ccc(F)cc1. The highest BCUT2D eigenvalue weighted by Crippen LogP contribution is 2.31. The van der Waals surface area contributed by atoms with E-state index in [0.717, 1.165) is 11.1 Å². The van der Waals surface area contributed by atoms with Gasteiger partial charge in [-0.2, -0.15) is 0 Å². The molecule has 0 aliphatic carbocycles. The number of halogens is 3. The van der Waals surface area contributed by atoms with Gasteiger partial charge in [-0.05, 0) is 71.8 Å². The van der Waals surface area contributed by atoms with Crippen LogP contribution in [0, 0.1) is 5.82 Å². The highest BCUT2D eigenvalue weighted by Gasteiger charge is 2.16. The summed E-state index contributed by atoms with van der Waals surface area (Å²) in [5.74, 6) is -0.945. The lowest BCUT2D eigenvalue weighted by atomic mass is 9.97. The van der Waals surface area contributed by atoms with Crippen LogP contribution in [0.1, 0.15) is 26.3 Å². The smallest absolute Gasteiger partial charge is 0.258 e. The predicted molar refractivity (Wildman–Crippen MR) is 129 cm³/mol. The summed E-state index contributed by atoms with van der Waals surface area (Å²) in [6.07, 6.45) is 1.63. The molecular weight excluding hydrogens is 462 g/mol. The Hall–Kier alpha value is -3.54. The molecule has 0 atom stereocenters. The van der Waals surface area contributed by atoms with E-state index in [-0.39, 0.29) is 22.9 Å². The van der Waals surface area contributed by atoms with E-state index in [4.69, 9.17) is 23.2 Å². The van der Waals surface area contributed by atoms with Gasteiger partial charge in [-0.3, -0.25) is 9.59 Å². The summed E-state index contributed by atoms with van der Waals surface area (Å²) in [5, 5.41) is 3.56. The van der Waals surface area contributed by atoms with Crippen LogP contribution in [0.5, 0.6) is 0 Å². The van der Waals surface area contributed by atoms with E-state index in [9.17, 15) is 14.0 Å². The number of amides is 1. The third kappa shape index (κ3) is 5.45. The van der Waals surface area contributed by atoms with Crippen LogP contribution in [-0.4, -0.2) is 16.7 Å². The molecule has 33 heavy (non-hydrogen) atoms. The second-order valence-corrected chi connectivity index (χ2v) is 8.08. The molecule has 0 spiro atoms. The van der Waals surface area contributed by atoms with E-state index >= 15 is 0 Å². The van der Waals surface area contributed by atoms with Crippen LogP contribution in [0.3, 0.4) is 0 Å². The van der Waals surface area contributed by atoms with Crippen LogP contribution >= 0.6 is 23.2 Å². The van der Waals surface area contributed by atoms with E-state index in [0.29, 0.717) is 21.8 Å². The molecule has 1 aromatic heterocycles. The highest BCUT2D eigenvalue weighted by molar-refractivity contribution is 6.33. The molecule has 0 radical (unpaired) electrons. The molecule has 0 aliphatic heterocycles. The second kappa shape index (κ2) is 9.94. The van der Waals surface area contributed by atoms with Gasteiger partial charge in [0.25, 0.3) is 5.91 Å². The Balaban J connectivity index is 1.67. The maximum Gasteiger partial charge on any atom is 0.258 e. The van der Waals surface area contributed by atoms with Crippen molar-refractivity contribution in [2.24, 2.45) is 0 Å². The third-order valence-corrected chi connectivity index (χ3v) is 5.58. The van der Waals surface area contributed by atoms with Crippen molar-refractivity contribution in [2.45, 2.75) is 6.42 Å². The molecule has 4 rings (SSSR count). The van der Waals surface area contributed by atoms with Crippen LogP contribution in [-0.2, 0) is 6.42 Å². The van der Waals surface area contributed by atoms with Crippen LogP contribution in [0.25, 0.3) is 11.1 Å². The van der Waals surface area contributed by atoms with Crippen molar-refractivity contribution in [2.75, 3.05) is 5.32 Å². The molecular formula is C26H17Cl2FN2O2. The maximum absolute atomic E-state index is 13.2. The van der Waals surface area contributed by atoms with Crippen LogP contribution in [0.15, 0.2) is 85.1 Å². The maximum atomic E-state index is 13.2. The lowest BCUT2D eigenvalue weighted by Gasteiger charge is -2.14. The molecule has 164 valence electrons. The normalized spacial score (nSPS) is 10.6. The highest BCUT2D eigenvalue weighted by atomic mass is 35.5. The number of Topliss-reactive ketones (excluding diaryl/α,β-unsaturated/α-hetero) is 1. The van der Waals surface area contributed by atoms with Crippen molar-refractivity contribution < 1.29 is 14.0 Å². The average Bonchev–Trinajstić information content (AvgIpc) is 2.81. The number of pyridine rings is 1. The number of carbonyl (C=O) groups is 2. The monoisotopic (exact) mass is 478 g/mol. The number of aromatic nitrogens is 1. The fraction of sp³-hybridized carbons (Fsp3) is 0.0385. The molecule has 1 amide bonds. The first-order valence-electron chi connectivity index (χ1n) is 10.0. The molecule has 0 aliphatic rings. The van der Waals surface area contributed by atoms with E-state index in [2.05, 4.69) is 10.3 Å².